The SMILES string of the molecule is COc1ccc2nc(CCl)n(C(C)C3CCC3)c2c1. The van der Waals surface area contributed by atoms with Gasteiger partial charge in [0.25, 0.3) is 0 Å². The van der Waals surface area contributed by atoms with E-state index >= 15 is 0 Å². The summed E-state index contributed by atoms with van der Waals surface area (Å²) in [5.74, 6) is 3.04. The van der Waals surface area contributed by atoms with Crippen LogP contribution in [0.1, 0.15) is 38.1 Å². The number of rotatable bonds is 4. The molecule has 1 aromatic heterocycles. The summed E-state index contributed by atoms with van der Waals surface area (Å²) in [6, 6.07) is 6.48. The van der Waals surface area contributed by atoms with E-state index in [4.69, 9.17) is 16.3 Å². The van der Waals surface area contributed by atoms with E-state index in [0.29, 0.717) is 11.9 Å². The van der Waals surface area contributed by atoms with Crippen LogP contribution in [-0.4, -0.2) is 16.7 Å². The molecule has 1 aliphatic rings. The number of hydrogen-bond acceptors (Lipinski definition) is 2. The van der Waals surface area contributed by atoms with E-state index in [0.717, 1.165) is 28.5 Å². The zero-order valence-electron chi connectivity index (χ0n) is 11.4. The van der Waals surface area contributed by atoms with Gasteiger partial charge in [0.2, 0.25) is 0 Å². The number of hydrogen-bond donors (Lipinski definition) is 0. The average molecular weight is 279 g/mol. The molecule has 2 aromatic rings. The van der Waals surface area contributed by atoms with Crippen LogP contribution in [0.15, 0.2) is 18.2 Å². The molecule has 1 unspecified atom stereocenters. The third-order valence-electron chi connectivity index (χ3n) is 4.33. The normalized spacial score (nSPS) is 17.4. The Labute approximate surface area is 118 Å². The zero-order valence-corrected chi connectivity index (χ0v) is 12.2. The molecule has 0 amide bonds. The fraction of sp³-hybridized carbons (Fsp3) is 0.533. The third kappa shape index (κ3) is 2.10. The molecule has 1 heterocycles. The Bertz CT molecular complexity index is 589. The van der Waals surface area contributed by atoms with Crippen LogP contribution >= 0.6 is 11.6 Å². The van der Waals surface area contributed by atoms with Gasteiger partial charge in [0.15, 0.2) is 0 Å². The molecule has 1 saturated carbocycles. The smallest absolute Gasteiger partial charge is 0.125 e. The van der Waals surface area contributed by atoms with Gasteiger partial charge in [0, 0.05) is 12.1 Å². The molecule has 0 radical (unpaired) electrons. The van der Waals surface area contributed by atoms with Crippen molar-refractivity contribution < 1.29 is 4.74 Å². The van der Waals surface area contributed by atoms with Gasteiger partial charge in [-0.05, 0) is 37.8 Å². The van der Waals surface area contributed by atoms with E-state index in [1.165, 1.54) is 19.3 Å². The number of ether oxygens (including phenoxy) is 1. The largest absolute Gasteiger partial charge is 0.497 e. The van der Waals surface area contributed by atoms with Gasteiger partial charge in [0.1, 0.15) is 11.6 Å². The molecule has 1 fully saturated rings. The predicted octanol–water partition coefficient (Wildman–Crippen LogP) is 4.14. The summed E-state index contributed by atoms with van der Waals surface area (Å²) >= 11 is 6.07. The summed E-state index contributed by atoms with van der Waals surface area (Å²) in [7, 11) is 1.69. The highest BCUT2D eigenvalue weighted by Gasteiger charge is 2.27. The summed E-state index contributed by atoms with van der Waals surface area (Å²) in [5, 5.41) is 0. The van der Waals surface area contributed by atoms with Crippen molar-refractivity contribution in [3.8, 4) is 5.75 Å². The summed E-state index contributed by atoms with van der Waals surface area (Å²) in [6.07, 6.45) is 3.97. The van der Waals surface area contributed by atoms with Crippen molar-refractivity contribution in [2.24, 2.45) is 5.92 Å². The quantitative estimate of drug-likeness (QED) is 0.786. The minimum atomic E-state index is 0.452. The Morgan fingerprint density at radius 2 is 2.26 bits per heavy atom. The molecule has 1 aromatic carbocycles. The van der Waals surface area contributed by atoms with Crippen molar-refractivity contribution in [3.05, 3.63) is 24.0 Å². The Morgan fingerprint density at radius 1 is 1.47 bits per heavy atom. The minimum absolute atomic E-state index is 0.452. The number of halogens is 1. The van der Waals surface area contributed by atoms with Crippen LogP contribution in [0.2, 0.25) is 0 Å². The van der Waals surface area contributed by atoms with Crippen molar-refractivity contribution in [3.63, 3.8) is 0 Å². The number of alkyl halides is 1. The lowest BCUT2D eigenvalue weighted by Gasteiger charge is -2.33. The van der Waals surface area contributed by atoms with Gasteiger partial charge in [-0.15, -0.1) is 11.6 Å². The van der Waals surface area contributed by atoms with Crippen LogP contribution in [0, 0.1) is 5.92 Å². The molecule has 3 nitrogen and oxygen atoms in total. The first-order chi connectivity index (χ1) is 9.24. The molecule has 0 saturated heterocycles. The highest BCUT2D eigenvalue weighted by molar-refractivity contribution is 6.16. The van der Waals surface area contributed by atoms with Crippen molar-refractivity contribution in [1.82, 2.24) is 9.55 Å². The Morgan fingerprint density at radius 3 is 2.84 bits per heavy atom. The fourth-order valence-electron chi connectivity index (χ4n) is 2.93. The van der Waals surface area contributed by atoms with E-state index in [2.05, 4.69) is 22.5 Å². The van der Waals surface area contributed by atoms with Gasteiger partial charge >= 0.3 is 0 Å². The number of imidazole rings is 1. The maximum Gasteiger partial charge on any atom is 0.125 e. The minimum Gasteiger partial charge on any atom is -0.497 e. The van der Waals surface area contributed by atoms with Gasteiger partial charge in [-0.25, -0.2) is 4.98 Å². The molecule has 1 aliphatic carbocycles. The van der Waals surface area contributed by atoms with Crippen molar-refractivity contribution in [1.29, 1.82) is 0 Å². The van der Waals surface area contributed by atoms with Gasteiger partial charge in [-0.3, -0.25) is 0 Å². The van der Waals surface area contributed by atoms with Gasteiger partial charge < -0.3 is 9.30 Å². The lowest BCUT2D eigenvalue weighted by Crippen LogP contribution is -2.24. The van der Waals surface area contributed by atoms with Crippen molar-refractivity contribution in [2.75, 3.05) is 7.11 Å². The van der Waals surface area contributed by atoms with E-state index in [1.54, 1.807) is 7.11 Å². The highest BCUT2D eigenvalue weighted by Crippen LogP contribution is 2.38. The lowest BCUT2D eigenvalue weighted by molar-refractivity contribution is 0.223. The summed E-state index contributed by atoms with van der Waals surface area (Å²) in [5.41, 5.74) is 2.14. The van der Waals surface area contributed by atoms with Crippen molar-refractivity contribution >= 4 is 22.6 Å². The molecule has 1 atom stereocenters. The Balaban J connectivity index is 2.12. The molecular weight excluding hydrogens is 260 g/mol. The van der Waals surface area contributed by atoms with Gasteiger partial charge in [-0.2, -0.15) is 0 Å². The average Bonchev–Trinajstić information content (AvgIpc) is 2.73. The van der Waals surface area contributed by atoms with Crippen molar-refractivity contribution in [2.45, 2.75) is 38.1 Å². The number of aromatic nitrogens is 2. The lowest BCUT2D eigenvalue weighted by atomic mass is 9.80. The molecule has 0 spiro atoms. The summed E-state index contributed by atoms with van der Waals surface area (Å²) < 4.78 is 7.63. The van der Waals surface area contributed by atoms with Gasteiger partial charge in [-0.1, -0.05) is 6.42 Å². The number of benzene rings is 1. The molecule has 3 rings (SSSR count). The molecule has 19 heavy (non-hydrogen) atoms. The fourth-order valence-corrected chi connectivity index (χ4v) is 3.12. The second-order valence-electron chi connectivity index (χ2n) is 5.32. The highest BCUT2D eigenvalue weighted by atomic mass is 35.5. The molecule has 0 bridgehead atoms. The molecule has 0 N–H and O–H groups in total. The van der Waals surface area contributed by atoms with E-state index in [-0.39, 0.29) is 0 Å². The summed E-state index contributed by atoms with van der Waals surface area (Å²) in [6.45, 7) is 2.28. The van der Waals surface area contributed by atoms with Crippen LogP contribution in [0.3, 0.4) is 0 Å². The first-order valence-corrected chi connectivity index (χ1v) is 7.39. The maximum absolute atomic E-state index is 6.07. The molecule has 102 valence electrons. The second kappa shape index (κ2) is 5.04. The first-order valence-electron chi connectivity index (χ1n) is 6.85. The number of methoxy groups -OCH3 is 1. The monoisotopic (exact) mass is 278 g/mol. The molecule has 4 heteroatoms. The van der Waals surface area contributed by atoms with Crippen LogP contribution in [0.25, 0.3) is 11.0 Å². The Hall–Kier alpha value is -1.22. The molecular formula is C15H19ClN2O. The van der Waals surface area contributed by atoms with E-state index in [1.807, 2.05) is 12.1 Å². The standard InChI is InChI=1S/C15H19ClN2O/c1-10(11-4-3-5-11)18-14-8-12(19-2)6-7-13(14)17-15(18)9-16/h6-8,10-11H,3-5,9H2,1-2H3. The van der Waals surface area contributed by atoms with Crippen LogP contribution < -0.4 is 4.74 Å². The Kier molecular flexibility index (Phi) is 3.40. The third-order valence-corrected chi connectivity index (χ3v) is 4.57. The topological polar surface area (TPSA) is 27.1 Å². The maximum atomic E-state index is 6.07. The zero-order chi connectivity index (χ0) is 13.4. The summed E-state index contributed by atoms with van der Waals surface area (Å²) in [4.78, 5) is 4.64. The van der Waals surface area contributed by atoms with Crippen LogP contribution in [-0.2, 0) is 5.88 Å². The molecule has 0 aliphatic heterocycles. The first kappa shape index (κ1) is 12.8. The van der Waals surface area contributed by atoms with Gasteiger partial charge in [0.05, 0.1) is 24.0 Å². The van der Waals surface area contributed by atoms with Crippen LogP contribution in [0.4, 0.5) is 0 Å². The predicted molar refractivity (Wildman–Crippen MR) is 77.9 cm³/mol. The van der Waals surface area contributed by atoms with E-state index in [9.17, 15) is 0 Å². The second-order valence-corrected chi connectivity index (χ2v) is 5.59. The van der Waals surface area contributed by atoms with Crippen LogP contribution in [0.5, 0.6) is 5.75 Å². The number of fused-ring (bicyclic) bond motifs is 1. The van der Waals surface area contributed by atoms with E-state index < -0.39 is 0 Å². The number of nitrogens with zero attached hydrogens (tertiary/aromatic N) is 2.